The first-order valence-electron chi connectivity index (χ1n) is 7.05. The van der Waals surface area contributed by atoms with Gasteiger partial charge in [-0.25, -0.2) is 9.07 Å². The summed E-state index contributed by atoms with van der Waals surface area (Å²) >= 11 is 5.81. The molecule has 0 fully saturated rings. The van der Waals surface area contributed by atoms with E-state index < -0.39 is 5.82 Å². The van der Waals surface area contributed by atoms with Gasteiger partial charge in [0.25, 0.3) is 0 Å². The third-order valence-electron chi connectivity index (χ3n) is 3.58. The zero-order chi connectivity index (χ0) is 17.3. The average Bonchev–Trinajstić information content (AvgIpc) is 3.02. The van der Waals surface area contributed by atoms with Crippen molar-refractivity contribution in [3.8, 4) is 28.4 Å². The third kappa shape index (κ3) is 2.93. The van der Waals surface area contributed by atoms with Crippen molar-refractivity contribution < 1.29 is 19.3 Å². The molecule has 24 heavy (non-hydrogen) atoms. The molecule has 1 aromatic heterocycles. The Hall–Kier alpha value is -2.57. The molecule has 0 amide bonds. The van der Waals surface area contributed by atoms with Crippen LogP contribution in [0.2, 0.25) is 5.02 Å². The van der Waals surface area contributed by atoms with Crippen molar-refractivity contribution >= 4 is 11.6 Å². The molecule has 0 saturated heterocycles. The number of ether oxygens (including phenoxy) is 1. The molecule has 0 unspecified atom stereocenters. The highest BCUT2D eigenvalue weighted by molar-refractivity contribution is 6.30. The second kappa shape index (κ2) is 6.51. The molecule has 2 aromatic carbocycles. The molecule has 0 radical (unpaired) electrons. The number of aliphatic hydroxyl groups is 1. The van der Waals surface area contributed by atoms with Crippen LogP contribution in [-0.2, 0) is 6.61 Å². The number of aromatic hydroxyl groups is 1. The summed E-state index contributed by atoms with van der Waals surface area (Å²) in [6, 6.07) is 9.02. The van der Waals surface area contributed by atoms with Crippen LogP contribution in [0, 0.1) is 5.82 Å². The first-order valence-corrected chi connectivity index (χ1v) is 7.43. The molecule has 0 aliphatic rings. The minimum Gasteiger partial charge on any atom is -0.504 e. The summed E-state index contributed by atoms with van der Waals surface area (Å²) in [5.74, 6) is -0.203. The van der Waals surface area contributed by atoms with E-state index >= 15 is 0 Å². The van der Waals surface area contributed by atoms with Crippen molar-refractivity contribution in [3.63, 3.8) is 0 Å². The molecular weight excluding hydrogens is 335 g/mol. The van der Waals surface area contributed by atoms with Crippen molar-refractivity contribution in [2.45, 2.75) is 6.61 Å². The molecule has 0 aliphatic carbocycles. The summed E-state index contributed by atoms with van der Waals surface area (Å²) in [6.45, 7) is -0.229. The van der Waals surface area contributed by atoms with E-state index in [0.717, 1.165) is 0 Å². The van der Waals surface area contributed by atoms with Crippen LogP contribution in [0.4, 0.5) is 4.39 Å². The summed E-state index contributed by atoms with van der Waals surface area (Å²) in [4.78, 5) is 0. The van der Waals surface area contributed by atoms with Gasteiger partial charge in [0.05, 0.1) is 30.1 Å². The van der Waals surface area contributed by atoms with E-state index in [1.165, 1.54) is 36.1 Å². The van der Waals surface area contributed by atoms with Gasteiger partial charge in [0.15, 0.2) is 11.5 Å². The Kier molecular flexibility index (Phi) is 4.42. The fourth-order valence-corrected chi connectivity index (χ4v) is 2.53. The molecule has 0 aliphatic heterocycles. The van der Waals surface area contributed by atoms with Crippen LogP contribution >= 0.6 is 11.6 Å². The monoisotopic (exact) mass is 348 g/mol. The van der Waals surface area contributed by atoms with Crippen molar-refractivity contribution in [3.05, 3.63) is 59.0 Å². The first-order chi connectivity index (χ1) is 11.5. The van der Waals surface area contributed by atoms with Gasteiger partial charge in [0.1, 0.15) is 5.82 Å². The predicted octanol–water partition coefficient (Wildman–Crippen LogP) is 3.54. The van der Waals surface area contributed by atoms with E-state index in [0.29, 0.717) is 28.3 Å². The topological polar surface area (TPSA) is 67.5 Å². The number of benzene rings is 2. The van der Waals surface area contributed by atoms with Crippen LogP contribution < -0.4 is 4.74 Å². The lowest BCUT2D eigenvalue weighted by molar-refractivity contribution is 0.282. The highest BCUT2D eigenvalue weighted by Gasteiger charge is 2.14. The van der Waals surface area contributed by atoms with Crippen LogP contribution in [-0.4, -0.2) is 27.1 Å². The van der Waals surface area contributed by atoms with Crippen molar-refractivity contribution in [1.29, 1.82) is 0 Å². The SMILES string of the molecule is COc1cc(-c2nn(-c3ccc(F)c(Cl)c3)cc2CO)ccc1O. The number of phenols is 1. The fraction of sp³-hybridized carbons (Fsp3) is 0.118. The molecule has 3 rings (SSSR count). The summed E-state index contributed by atoms with van der Waals surface area (Å²) < 4.78 is 19.9. The Bertz CT molecular complexity index is 896. The molecule has 124 valence electrons. The van der Waals surface area contributed by atoms with Crippen LogP contribution in [0.3, 0.4) is 0 Å². The van der Waals surface area contributed by atoms with Gasteiger partial charge in [-0.2, -0.15) is 5.10 Å². The quantitative estimate of drug-likeness (QED) is 0.756. The van der Waals surface area contributed by atoms with Gasteiger partial charge < -0.3 is 14.9 Å². The molecule has 0 bridgehead atoms. The summed E-state index contributed by atoms with van der Waals surface area (Å²) in [5, 5.41) is 23.7. The number of nitrogens with zero attached hydrogens (tertiary/aromatic N) is 2. The Balaban J connectivity index is 2.09. The average molecular weight is 349 g/mol. The minimum atomic E-state index is -0.515. The Morgan fingerprint density at radius 2 is 2.04 bits per heavy atom. The molecule has 2 N–H and O–H groups in total. The normalized spacial score (nSPS) is 10.8. The standard InChI is InChI=1S/C17H14ClFN2O3/c1-24-16-6-10(2-5-15(16)23)17-11(9-22)8-21(20-17)12-3-4-14(19)13(18)7-12/h2-8,22-23H,9H2,1H3. The van der Waals surface area contributed by atoms with Gasteiger partial charge in [-0.05, 0) is 36.4 Å². The van der Waals surface area contributed by atoms with Crippen LogP contribution in [0.15, 0.2) is 42.6 Å². The maximum absolute atomic E-state index is 13.3. The second-order valence-electron chi connectivity index (χ2n) is 5.09. The van der Waals surface area contributed by atoms with Crippen molar-refractivity contribution in [1.82, 2.24) is 9.78 Å². The predicted molar refractivity (Wildman–Crippen MR) is 88.1 cm³/mol. The molecule has 1 heterocycles. The highest BCUT2D eigenvalue weighted by atomic mass is 35.5. The molecular formula is C17H14ClFN2O3. The molecule has 0 saturated carbocycles. The first kappa shape index (κ1) is 16.3. The number of rotatable bonds is 4. The van der Waals surface area contributed by atoms with Crippen molar-refractivity contribution in [2.24, 2.45) is 0 Å². The molecule has 7 heteroatoms. The number of hydrogen-bond donors (Lipinski definition) is 2. The van der Waals surface area contributed by atoms with Crippen LogP contribution in [0.5, 0.6) is 11.5 Å². The highest BCUT2D eigenvalue weighted by Crippen LogP contribution is 2.32. The molecule has 0 atom stereocenters. The van der Waals surface area contributed by atoms with Gasteiger partial charge in [0, 0.05) is 17.3 Å². The number of hydrogen-bond acceptors (Lipinski definition) is 4. The second-order valence-corrected chi connectivity index (χ2v) is 5.50. The van der Waals surface area contributed by atoms with Crippen LogP contribution in [0.25, 0.3) is 16.9 Å². The maximum atomic E-state index is 13.3. The van der Waals surface area contributed by atoms with E-state index in [1.54, 1.807) is 18.3 Å². The Morgan fingerprint density at radius 3 is 2.71 bits per heavy atom. The van der Waals surface area contributed by atoms with E-state index in [2.05, 4.69) is 5.10 Å². The number of aromatic nitrogens is 2. The largest absolute Gasteiger partial charge is 0.504 e. The number of aliphatic hydroxyl groups excluding tert-OH is 1. The zero-order valence-corrected chi connectivity index (χ0v) is 13.5. The van der Waals surface area contributed by atoms with Gasteiger partial charge >= 0.3 is 0 Å². The molecule has 0 spiro atoms. The van der Waals surface area contributed by atoms with E-state index in [-0.39, 0.29) is 17.4 Å². The van der Waals surface area contributed by atoms with E-state index in [9.17, 15) is 14.6 Å². The van der Waals surface area contributed by atoms with Crippen LogP contribution in [0.1, 0.15) is 5.56 Å². The van der Waals surface area contributed by atoms with Gasteiger partial charge in [0.2, 0.25) is 0 Å². The zero-order valence-electron chi connectivity index (χ0n) is 12.7. The fourth-order valence-electron chi connectivity index (χ4n) is 2.35. The summed E-state index contributed by atoms with van der Waals surface area (Å²) in [5.41, 5.74) is 2.33. The minimum absolute atomic E-state index is 0.0107. The smallest absolute Gasteiger partial charge is 0.161 e. The lowest BCUT2D eigenvalue weighted by atomic mass is 10.1. The van der Waals surface area contributed by atoms with Crippen molar-refractivity contribution in [2.75, 3.05) is 7.11 Å². The lowest BCUT2D eigenvalue weighted by Crippen LogP contribution is -1.95. The summed E-state index contributed by atoms with van der Waals surface area (Å²) in [7, 11) is 1.45. The Labute approximate surface area is 142 Å². The Morgan fingerprint density at radius 1 is 1.25 bits per heavy atom. The van der Waals surface area contributed by atoms with Gasteiger partial charge in [-0.1, -0.05) is 11.6 Å². The van der Waals surface area contributed by atoms with E-state index in [1.807, 2.05) is 0 Å². The number of methoxy groups -OCH3 is 1. The molecule has 5 nitrogen and oxygen atoms in total. The number of phenolic OH excluding ortho intramolecular Hbond substituents is 1. The third-order valence-corrected chi connectivity index (χ3v) is 3.87. The lowest BCUT2D eigenvalue weighted by Gasteiger charge is -2.06. The van der Waals surface area contributed by atoms with E-state index in [4.69, 9.17) is 16.3 Å². The van der Waals surface area contributed by atoms with Gasteiger partial charge in [-0.15, -0.1) is 0 Å². The summed E-state index contributed by atoms with van der Waals surface area (Å²) in [6.07, 6.45) is 1.64. The van der Waals surface area contributed by atoms with Gasteiger partial charge in [-0.3, -0.25) is 0 Å². The maximum Gasteiger partial charge on any atom is 0.161 e. The number of halogens is 2. The molecule has 3 aromatic rings.